The van der Waals surface area contributed by atoms with E-state index in [1.807, 2.05) is 38.1 Å². The highest BCUT2D eigenvalue weighted by molar-refractivity contribution is 5.92. The number of rotatable bonds is 5. The quantitative estimate of drug-likeness (QED) is 0.912. The molecule has 0 atom stereocenters. The first-order chi connectivity index (χ1) is 11.1. The summed E-state index contributed by atoms with van der Waals surface area (Å²) in [4.78, 5) is 12.2. The summed E-state index contributed by atoms with van der Waals surface area (Å²) in [5, 5.41) is 6.78. The van der Waals surface area contributed by atoms with Gasteiger partial charge >= 0.3 is 0 Å². The highest BCUT2D eigenvalue weighted by Gasteiger charge is 2.17. The summed E-state index contributed by atoms with van der Waals surface area (Å²) in [6.07, 6.45) is 5.26. The fourth-order valence-electron chi connectivity index (χ4n) is 2.97. The summed E-state index contributed by atoms with van der Waals surface area (Å²) in [7, 11) is 0. The summed E-state index contributed by atoms with van der Waals surface area (Å²) in [6, 6.07) is 7.58. The van der Waals surface area contributed by atoms with Crippen LogP contribution >= 0.6 is 0 Å². The molecular weight excluding hydrogens is 292 g/mol. The molecule has 3 rings (SSSR count). The zero-order valence-electron chi connectivity index (χ0n) is 13.6. The van der Waals surface area contributed by atoms with Gasteiger partial charge in [0.2, 0.25) is 5.91 Å². The van der Waals surface area contributed by atoms with Crippen LogP contribution in [0.1, 0.15) is 42.7 Å². The Balaban J connectivity index is 1.62. The number of amides is 1. The Kier molecular flexibility index (Phi) is 4.65. The van der Waals surface area contributed by atoms with E-state index >= 15 is 0 Å². The molecule has 23 heavy (non-hydrogen) atoms. The minimum atomic E-state index is -0.0857. The summed E-state index contributed by atoms with van der Waals surface area (Å²) < 4.78 is 11.1. The number of nitrogens with one attached hydrogen (secondary N) is 1. The molecule has 0 spiro atoms. The molecule has 122 valence electrons. The topological polar surface area (TPSA) is 64.4 Å². The first-order valence-electron chi connectivity index (χ1n) is 8.10. The van der Waals surface area contributed by atoms with Crippen LogP contribution in [0.5, 0.6) is 5.75 Å². The molecule has 1 aromatic carbocycles. The van der Waals surface area contributed by atoms with E-state index < -0.39 is 0 Å². The average molecular weight is 314 g/mol. The van der Waals surface area contributed by atoms with Gasteiger partial charge in [0.15, 0.2) is 0 Å². The van der Waals surface area contributed by atoms with Gasteiger partial charge < -0.3 is 14.6 Å². The van der Waals surface area contributed by atoms with Crippen molar-refractivity contribution in [2.45, 2.75) is 52.1 Å². The van der Waals surface area contributed by atoms with Crippen molar-refractivity contribution in [2.24, 2.45) is 0 Å². The number of ether oxygens (including phenoxy) is 1. The second-order valence-corrected chi connectivity index (χ2v) is 6.08. The van der Waals surface area contributed by atoms with E-state index in [0.29, 0.717) is 11.9 Å². The molecule has 0 unspecified atom stereocenters. The highest BCUT2D eigenvalue weighted by atomic mass is 16.5. The molecule has 0 bridgehead atoms. The van der Waals surface area contributed by atoms with E-state index in [1.54, 1.807) is 0 Å². The van der Waals surface area contributed by atoms with Crippen molar-refractivity contribution in [1.82, 2.24) is 5.16 Å². The van der Waals surface area contributed by atoms with Crippen LogP contribution in [0.25, 0.3) is 0 Å². The molecule has 1 fully saturated rings. The number of hydrogen-bond donors (Lipinski definition) is 1. The normalized spacial score (nSPS) is 14.9. The SMILES string of the molecule is Cc1noc(C)c1CC(=O)Nc1cccc(OC2CCCC2)c1. The Bertz CT molecular complexity index is 668. The van der Waals surface area contributed by atoms with Crippen molar-refractivity contribution in [3.8, 4) is 5.75 Å². The van der Waals surface area contributed by atoms with Gasteiger partial charge in [0.1, 0.15) is 11.5 Å². The molecule has 5 nitrogen and oxygen atoms in total. The first kappa shape index (κ1) is 15.6. The monoisotopic (exact) mass is 314 g/mol. The van der Waals surface area contributed by atoms with E-state index in [4.69, 9.17) is 9.26 Å². The number of aryl methyl sites for hydroxylation is 2. The molecule has 1 heterocycles. The number of nitrogens with zero attached hydrogens (tertiary/aromatic N) is 1. The Morgan fingerprint density at radius 2 is 2.13 bits per heavy atom. The van der Waals surface area contributed by atoms with Crippen LogP contribution in [-0.2, 0) is 11.2 Å². The predicted octanol–water partition coefficient (Wildman–Crippen LogP) is 3.79. The Morgan fingerprint density at radius 1 is 1.35 bits per heavy atom. The molecule has 0 saturated heterocycles. The molecule has 0 aliphatic heterocycles. The largest absolute Gasteiger partial charge is 0.490 e. The fraction of sp³-hybridized carbons (Fsp3) is 0.444. The molecule has 2 aromatic rings. The van der Waals surface area contributed by atoms with Gasteiger partial charge in [-0.2, -0.15) is 0 Å². The van der Waals surface area contributed by atoms with E-state index in [0.717, 1.165) is 35.5 Å². The van der Waals surface area contributed by atoms with Crippen LogP contribution in [0.15, 0.2) is 28.8 Å². The molecule has 1 aliphatic carbocycles. The number of anilines is 1. The van der Waals surface area contributed by atoms with Gasteiger partial charge in [-0.1, -0.05) is 11.2 Å². The van der Waals surface area contributed by atoms with Crippen molar-refractivity contribution in [3.05, 3.63) is 41.3 Å². The lowest BCUT2D eigenvalue weighted by Gasteiger charge is -2.14. The van der Waals surface area contributed by atoms with Crippen LogP contribution in [0.2, 0.25) is 0 Å². The maximum absolute atomic E-state index is 12.2. The standard InChI is InChI=1S/C18H22N2O3/c1-12-17(13(2)23-20-12)11-18(21)19-14-6-5-9-16(10-14)22-15-7-3-4-8-15/h5-6,9-10,15H,3-4,7-8,11H2,1-2H3,(H,19,21). The van der Waals surface area contributed by atoms with Crippen LogP contribution in [0.4, 0.5) is 5.69 Å². The van der Waals surface area contributed by atoms with E-state index in [2.05, 4.69) is 10.5 Å². The third kappa shape index (κ3) is 3.92. The number of carbonyl (C=O) groups is 1. The van der Waals surface area contributed by atoms with Crippen molar-refractivity contribution in [3.63, 3.8) is 0 Å². The Hall–Kier alpha value is -2.30. The van der Waals surface area contributed by atoms with Crippen LogP contribution in [0, 0.1) is 13.8 Å². The molecule has 5 heteroatoms. The van der Waals surface area contributed by atoms with Crippen molar-refractivity contribution >= 4 is 11.6 Å². The molecule has 1 saturated carbocycles. The second-order valence-electron chi connectivity index (χ2n) is 6.08. The highest BCUT2D eigenvalue weighted by Crippen LogP contribution is 2.26. The van der Waals surface area contributed by atoms with Crippen molar-refractivity contribution in [1.29, 1.82) is 0 Å². The smallest absolute Gasteiger partial charge is 0.229 e. The molecule has 1 aliphatic rings. The molecule has 1 aromatic heterocycles. The molecule has 0 radical (unpaired) electrons. The zero-order valence-corrected chi connectivity index (χ0v) is 13.6. The second kappa shape index (κ2) is 6.86. The van der Waals surface area contributed by atoms with E-state index in [-0.39, 0.29) is 12.3 Å². The molecular formula is C18H22N2O3. The minimum absolute atomic E-state index is 0.0857. The van der Waals surface area contributed by atoms with Gasteiger partial charge in [-0.25, -0.2) is 0 Å². The maximum Gasteiger partial charge on any atom is 0.229 e. The summed E-state index contributed by atoms with van der Waals surface area (Å²) >= 11 is 0. The average Bonchev–Trinajstić information content (AvgIpc) is 3.13. The maximum atomic E-state index is 12.2. The summed E-state index contributed by atoms with van der Waals surface area (Å²) in [5.74, 6) is 1.42. The molecule has 1 amide bonds. The lowest BCUT2D eigenvalue weighted by atomic mass is 10.1. The van der Waals surface area contributed by atoms with Gasteiger partial charge in [-0.3, -0.25) is 4.79 Å². The number of carbonyl (C=O) groups excluding carboxylic acids is 1. The zero-order chi connectivity index (χ0) is 16.2. The Morgan fingerprint density at radius 3 is 2.83 bits per heavy atom. The fourth-order valence-corrected chi connectivity index (χ4v) is 2.97. The van der Waals surface area contributed by atoms with Crippen LogP contribution in [0.3, 0.4) is 0 Å². The number of aromatic nitrogens is 1. The number of benzene rings is 1. The van der Waals surface area contributed by atoms with Crippen molar-refractivity contribution < 1.29 is 14.1 Å². The lowest BCUT2D eigenvalue weighted by molar-refractivity contribution is -0.115. The van der Waals surface area contributed by atoms with Gasteiger partial charge in [0.05, 0.1) is 18.2 Å². The van der Waals surface area contributed by atoms with Gasteiger partial charge in [0.25, 0.3) is 0 Å². The van der Waals surface area contributed by atoms with E-state index in [9.17, 15) is 4.79 Å². The molecule has 1 N–H and O–H groups in total. The summed E-state index contributed by atoms with van der Waals surface area (Å²) in [5.41, 5.74) is 2.36. The predicted molar refractivity (Wildman–Crippen MR) is 87.6 cm³/mol. The first-order valence-corrected chi connectivity index (χ1v) is 8.10. The summed E-state index contributed by atoms with van der Waals surface area (Å²) in [6.45, 7) is 3.66. The third-order valence-electron chi connectivity index (χ3n) is 4.24. The van der Waals surface area contributed by atoms with Gasteiger partial charge in [0, 0.05) is 17.3 Å². The third-order valence-corrected chi connectivity index (χ3v) is 4.24. The lowest BCUT2D eigenvalue weighted by Crippen LogP contribution is -2.15. The minimum Gasteiger partial charge on any atom is -0.490 e. The van der Waals surface area contributed by atoms with Gasteiger partial charge in [-0.15, -0.1) is 0 Å². The van der Waals surface area contributed by atoms with Crippen molar-refractivity contribution in [2.75, 3.05) is 5.32 Å². The van der Waals surface area contributed by atoms with Crippen LogP contribution < -0.4 is 10.1 Å². The van der Waals surface area contributed by atoms with Gasteiger partial charge in [-0.05, 0) is 51.7 Å². The Labute approximate surface area is 136 Å². The van der Waals surface area contributed by atoms with Crippen LogP contribution in [-0.4, -0.2) is 17.2 Å². The number of hydrogen-bond acceptors (Lipinski definition) is 4. The van der Waals surface area contributed by atoms with E-state index in [1.165, 1.54) is 12.8 Å².